The minimum Gasteiger partial charge on any atom is -0.487 e. The van der Waals surface area contributed by atoms with Gasteiger partial charge in [0.15, 0.2) is 5.75 Å². The van der Waals surface area contributed by atoms with Gasteiger partial charge in [0.25, 0.3) is 11.9 Å². The summed E-state index contributed by atoms with van der Waals surface area (Å²) in [5.74, 6) is -0.486. The maximum Gasteiger partial charge on any atom is 0.255 e. The van der Waals surface area contributed by atoms with Gasteiger partial charge in [-0.3, -0.25) is 9.69 Å². The second-order valence-electron chi connectivity index (χ2n) is 7.70. The van der Waals surface area contributed by atoms with E-state index in [0.717, 1.165) is 30.5 Å². The van der Waals surface area contributed by atoms with Crippen LogP contribution in [0.1, 0.15) is 31.4 Å². The van der Waals surface area contributed by atoms with Gasteiger partial charge in [-0.25, -0.2) is 4.98 Å². The minimum absolute atomic E-state index is 0.0439. The Labute approximate surface area is 202 Å². The lowest BCUT2D eigenvalue weighted by Gasteiger charge is -2.21. The molecule has 1 heterocycles. The van der Waals surface area contributed by atoms with Crippen LogP contribution in [0.4, 0.5) is 4.39 Å². The standard InChI is InChI=1S/C25H29FIN3O2/c1-3-30(15-16-32-23-5-4-12-28-24(23)26)14-13-29-25(31)22-11-9-20-17-21(27)10-8-19(20)7-6-18(22)2/h4-5,8-12,17H,3,6-7,13-16H2,1-2H3,(H,29,31)/b11-9-,22-18-. The van der Waals surface area contributed by atoms with Gasteiger partial charge in [-0.1, -0.05) is 24.6 Å². The van der Waals surface area contributed by atoms with Crippen molar-refractivity contribution in [1.29, 1.82) is 0 Å². The van der Waals surface area contributed by atoms with Gasteiger partial charge in [-0.2, -0.15) is 4.39 Å². The summed E-state index contributed by atoms with van der Waals surface area (Å²) < 4.78 is 20.2. The van der Waals surface area contributed by atoms with Crippen LogP contribution in [0.3, 0.4) is 0 Å². The van der Waals surface area contributed by atoms with E-state index in [1.165, 1.54) is 20.9 Å². The van der Waals surface area contributed by atoms with E-state index in [1.807, 2.05) is 19.1 Å². The van der Waals surface area contributed by atoms with Crippen LogP contribution in [0.5, 0.6) is 5.75 Å². The van der Waals surface area contributed by atoms with E-state index in [4.69, 9.17) is 4.74 Å². The summed E-state index contributed by atoms with van der Waals surface area (Å²) in [6.45, 7) is 7.12. The molecule has 0 saturated heterocycles. The number of nitrogens with one attached hydrogen (secondary N) is 1. The van der Waals surface area contributed by atoms with Crippen LogP contribution in [-0.4, -0.2) is 48.6 Å². The zero-order valence-corrected chi connectivity index (χ0v) is 20.7. The Kier molecular flexibility index (Phi) is 9.23. The fraction of sp³-hybridized carbons (Fsp3) is 0.360. The molecular formula is C25H29FIN3O2. The van der Waals surface area contributed by atoms with Crippen LogP contribution >= 0.6 is 22.6 Å². The molecule has 0 atom stereocenters. The zero-order valence-electron chi connectivity index (χ0n) is 18.5. The van der Waals surface area contributed by atoms with Crippen molar-refractivity contribution in [2.24, 2.45) is 0 Å². The SMILES string of the molecule is CCN(CCNC(=O)C1=C(/C)CCc2ccc(I)cc2/C=C\1)CCOc1cccnc1F. The molecule has 1 aliphatic rings. The lowest BCUT2D eigenvalue weighted by atomic mass is 9.94. The summed E-state index contributed by atoms with van der Waals surface area (Å²) in [6.07, 6.45) is 7.17. The Hall–Kier alpha value is -2.26. The van der Waals surface area contributed by atoms with Crippen molar-refractivity contribution in [2.45, 2.75) is 26.7 Å². The maximum absolute atomic E-state index is 13.5. The third kappa shape index (κ3) is 6.87. The van der Waals surface area contributed by atoms with Crippen LogP contribution < -0.4 is 10.1 Å². The first kappa shape index (κ1) is 24.4. The monoisotopic (exact) mass is 549 g/mol. The van der Waals surface area contributed by atoms with E-state index >= 15 is 0 Å². The molecule has 0 saturated carbocycles. The average Bonchev–Trinajstić information content (AvgIpc) is 2.77. The number of ether oxygens (including phenoxy) is 1. The molecule has 5 nitrogen and oxygen atoms in total. The van der Waals surface area contributed by atoms with Crippen molar-refractivity contribution in [3.8, 4) is 5.75 Å². The maximum atomic E-state index is 13.5. The molecule has 1 N–H and O–H groups in total. The van der Waals surface area contributed by atoms with E-state index in [0.29, 0.717) is 26.2 Å². The van der Waals surface area contributed by atoms with E-state index < -0.39 is 5.95 Å². The highest BCUT2D eigenvalue weighted by Crippen LogP contribution is 2.24. The first-order chi connectivity index (χ1) is 15.5. The third-order valence-electron chi connectivity index (χ3n) is 5.56. The van der Waals surface area contributed by atoms with Crippen LogP contribution in [0.15, 0.2) is 53.8 Å². The van der Waals surface area contributed by atoms with Gasteiger partial charge in [0.05, 0.1) is 0 Å². The number of amides is 1. The van der Waals surface area contributed by atoms with Crippen molar-refractivity contribution < 1.29 is 13.9 Å². The van der Waals surface area contributed by atoms with Crippen LogP contribution in [0.2, 0.25) is 0 Å². The van der Waals surface area contributed by atoms with E-state index in [2.05, 4.69) is 62.9 Å². The number of likely N-dealkylation sites (N-methyl/N-ethyl adjacent to an activating group) is 1. The summed E-state index contributed by atoms with van der Waals surface area (Å²) in [5.41, 5.74) is 4.33. The molecule has 1 aromatic carbocycles. The number of hydrogen-bond donors (Lipinski definition) is 1. The Morgan fingerprint density at radius 1 is 1.25 bits per heavy atom. The van der Waals surface area contributed by atoms with Crippen molar-refractivity contribution >= 4 is 34.6 Å². The number of hydrogen-bond acceptors (Lipinski definition) is 4. The predicted octanol–water partition coefficient (Wildman–Crippen LogP) is 4.62. The normalized spacial score (nSPS) is 16.8. The van der Waals surface area contributed by atoms with Gasteiger partial charge in [-0.15, -0.1) is 0 Å². The molecule has 0 aliphatic heterocycles. The molecular weight excluding hydrogens is 520 g/mol. The number of aromatic nitrogens is 1. The van der Waals surface area contributed by atoms with Crippen molar-refractivity contribution in [1.82, 2.24) is 15.2 Å². The molecule has 0 bridgehead atoms. The number of allylic oxidation sites excluding steroid dienone is 1. The van der Waals surface area contributed by atoms with Gasteiger partial charge in [0, 0.05) is 35.0 Å². The Balaban J connectivity index is 1.50. The van der Waals surface area contributed by atoms with Crippen molar-refractivity contribution in [2.75, 3.05) is 32.8 Å². The Morgan fingerprint density at radius 2 is 2.09 bits per heavy atom. The summed E-state index contributed by atoms with van der Waals surface area (Å²) in [4.78, 5) is 18.6. The predicted molar refractivity (Wildman–Crippen MR) is 134 cm³/mol. The number of nitrogens with zero attached hydrogens (tertiary/aromatic N) is 2. The number of fused-ring (bicyclic) bond motifs is 1. The zero-order chi connectivity index (χ0) is 22.9. The Morgan fingerprint density at radius 3 is 2.88 bits per heavy atom. The highest BCUT2D eigenvalue weighted by molar-refractivity contribution is 14.1. The molecule has 1 amide bonds. The second kappa shape index (κ2) is 12.1. The van der Waals surface area contributed by atoms with E-state index in [-0.39, 0.29) is 11.7 Å². The summed E-state index contributed by atoms with van der Waals surface area (Å²) in [5, 5.41) is 3.05. The first-order valence-electron chi connectivity index (χ1n) is 10.9. The lowest BCUT2D eigenvalue weighted by molar-refractivity contribution is -0.117. The number of benzene rings is 1. The quantitative estimate of drug-likeness (QED) is 0.367. The van der Waals surface area contributed by atoms with E-state index in [9.17, 15) is 9.18 Å². The average molecular weight is 549 g/mol. The molecule has 1 aromatic heterocycles. The van der Waals surface area contributed by atoms with Crippen molar-refractivity contribution in [3.63, 3.8) is 0 Å². The number of pyridine rings is 1. The molecule has 3 rings (SSSR count). The second-order valence-corrected chi connectivity index (χ2v) is 8.95. The number of halogens is 2. The smallest absolute Gasteiger partial charge is 0.255 e. The molecule has 0 spiro atoms. The fourth-order valence-corrected chi connectivity index (χ4v) is 4.12. The summed E-state index contributed by atoms with van der Waals surface area (Å²) in [7, 11) is 0. The third-order valence-corrected chi connectivity index (χ3v) is 6.23. The van der Waals surface area contributed by atoms with Gasteiger partial charge < -0.3 is 10.1 Å². The molecule has 0 fully saturated rings. The van der Waals surface area contributed by atoms with Gasteiger partial charge >= 0.3 is 0 Å². The molecule has 2 aromatic rings. The number of carbonyl (C=O) groups is 1. The van der Waals surface area contributed by atoms with Crippen molar-refractivity contribution in [3.05, 3.63) is 74.4 Å². The molecule has 1 aliphatic carbocycles. The minimum atomic E-state index is -0.601. The molecule has 0 unspecified atom stereocenters. The van der Waals surface area contributed by atoms with E-state index in [1.54, 1.807) is 12.1 Å². The Bertz CT molecular complexity index is 1010. The van der Waals surface area contributed by atoms with Gasteiger partial charge in [-0.05, 0) is 90.4 Å². The molecule has 0 radical (unpaired) electrons. The largest absolute Gasteiger partial charge is 0.487 e. The highest BCUT2D eigenvalue weighted by Gasteiger charge is 2.14. The molecule has 7 heteroatoms. The van der Waals surface area contributed by atoms with Gasteiger partial charge in [0.2, 0.25) is 0 Å². The highest BCUT2D eigenvalue weighted by atomic mass is 127. The fourth-order valence-electron chi connectivity index (χ4n) is 3.60. The molecule has 32 heavy (non-hydrogen) atoms. The topological polar surface area (TPSA) is 54.5 Å². The first-order valence-corrected chi connectivity index (χ1v) is 12.0. The lowest BCUT2D eigenvalue weighted by Crippen LogP contribution is -2.37. The van der Waals surface area contributed by atoms with Crippen LogP contribution in [0.25, 0.3) is 6.08 Å². The molecule has 170 valence electrons. The van der Waals surface area contributed by atoms with Gasteiger partial charge in [0.1, 0.15) is 6.61 Å². The van der Waals surface area contributed by atoms with Crippen LogP contribution in [-0.2, 0) is 11.2 Å². The number of aryl methyl sites for hydroxylation is 1. The number of carbonyl (C=O) groups excluding carboxylic acids is 1. The summed E-state index contributed by atoms with van der Waals surface area (Å²) in [6, 6.07) is 9.66. The summed E-state index contributed by atoms with van der Waals surface area (Å²) >= 11 is 2.31. The van der Waals surface area contributed by atoms with Crippen LogP contribution in [0, 0.1) is 9.52 Å². The number of rotatable bonds is 9.